The Morgan fingerprint density at radius 1 is 0.962 bits per heavy atom. The van der Waals surface area contributed by atoms with Crippen LogP contribution in [-0.4, -0.2) is 27.2 Å². The van der Waals surface area contributed by atoms with Gasteiger partial charge in [-0.05, 0) is 42.2 Å². The van der Waals surface area contributed by atoms with E-state index in [1.807, 2.05) is 6.92 Å². The van der Waals surface area contributed by atoms with E-state index in [0.717, 1.165) is 17.5 Å². The molecule has 1 atom stereocenters. The van der Waals surface area contributed by atoms with Crippen molar-refractivity contribution < 1.29 is 19.0 Å². The predicted molar refractivity (Wildman–Crippen MR) is 102 cm³/mol. The zero-order valence-electron chi connectivity index (χ0n) is 16.1. The number of benzene rings is 2. The van der Waals surface area contributed by atoms with Gasteiger partial charge in [0.1, 0.15) is 0 Å². The monoisotopic (exact) mass is 357 g/mol. The van der Waals surface area contributed by atoms with Crippen LogP contribution < -0.4 is 19.5 Å². The van der Waals surface area contributed by atoms with Crippen LogP contribution in [0.4, 0.5) is 0 Å². The molecule has 0 spiro atoms. The number of carbonyl (C=O) groups is 1. The molecule has 2 rings (SSSR count). The molecule has 0 fully saturated rings. The Morgan fingerprint density at radius 3 is 2.00 bits per heavy atom. The van der Waals surface area contributed by atoms with E-state index in [1.54, 1.807) is 33.5 Å². The highest BCUT2D eigenvalue weighted by atomic mass is 16.5. The van der Waals surface area contributed by atoms with E-state index in [2.05, 4.69) is 36.5 Å². The molecule has 1 N–H and O–H groups in total. The number of nitrogens with one attached hydrogen (secondary N) is 1. The molecule has 5 heteroatoms. The lowest BCUT2D eigenvalue weighted by atomic mass is 10.0. The number of rotatable bonds is 8. The number of aryl methyl sites for hydroxylation is 1. The zero-order chi connectivity index (χ0) is 19.1. The number of hydrogen-bond acceptors (Lipinski definition) is 4. The Morgan fingerprint density at radius 2 is 1.54 bits per heavy atom. The van der Waals surface area contributed by atoms with Gasteiger partial charge in [0, 0.05) is 0 Å². The number of methoxy groups -OCH3 is 3. The summed E-state index contributed by atoms with van der Waals surface area (Å²) < 4.78 is 16.0. The maximum atomic E-state index is 12.4. The number of amides is 1. The van der Waals surface area contributed by atoms with Gasteiger partial charge < -0.3 is 19.5 Å². The van der Waals surface area contributed by atoms with E-state index >= 15 is 0 Å². The molecular formula is C21H27NO4. The van der Waals surface area contributed by atoms with E-state index in [4.69, 9.17) is 14.2 Å². The van der Waals surface area contributed by atoms with Gasteiger partial charge in [0.15, 0.2) is 11.5 Å². The molecule has 1 unspecified atom stereocenters. The van der Waals surface area contributed by atoms with E-state index in [1.165, 1.54) is 5.56 Å². The molecule has 2 aromatic carbocycles. The molecule has 0 heterocycles. The van der Waals surface area contributed by atoms with Crippen molar-refractivity contribution in [3.8, 4) is 17.2 Å². The molecule has 0 aliphatic rings. The molecule has 2 aromatic rings. The molecule has 0 aliphatic heterocycles. The summed E-state index contributed by atoms with van der Waals surface area (Å²) in [6.07, 6.45) is 1.23. The average molecular weight is 357 g/mol. The van der Waals surface area contributed by atoms with Crippen molar-refractivity contribution in [1.82, 2.24) is 5.32 Å². The van der Waals surface area contributed by atoms with E-state index in [-0.39, 0.29) is 18.4 Å². The summed E-state index contributed by atoms with van der Waals surface area (Å²) in [4.78, 5) is 12.4. The Bertz CT molecular complexity index is 715. The van der Waals surface area contributed by atoms with Crippen LogP contribution in [0.25, 0.3) is 0 Å². The summed E-state index contributed by atoms with van der Waals surface area (Å²) in [6, 6.07) is 11.8. The second-order valence-corrected chi connectivity index (χ2v) is 6.09. The third-order valence-corrected chi connectivity index (χ3v) is 4.35. The van der Waals surface area contributed by atoms with Crippen molar-refractivity contribution in [2.45, 2.75) is 32.7 Å². The first kappa shape index (κ1) is 19.6. The lowest BCUT2D eigenvalue weighted by Gasteiger charge is -2.16. The van der Waals surface area contributed by atoms with Gasteiger partial charge in [-0.25, -0.2) is 0 Å². The fourth-order valence-corrected chi connectivity index (χ4v) is 2.84. The van der Waals surface area contributed by atoms with Gasteiger partial charge >= 0.3 is 0 Å². The highest BCUT2D eigenvalue weighted by Crippen LogP contribution is 2.38. The van der Waals surface area contributed by atoms with Gasteiger partial charge in [-0.2, -0.15) is 0 Å². The van der Waals surface area contributed by atoms with Crippen LogP contribution in [0, 0.1) is 0 Å². The van der Waals surface area contributed by atoms with Gasteiger partial charge in [0.05, 0.1) is 33.8 Å². The second kappa shape index (κ2) is 9.13. The minimum atomic E-state index is -0.0636. The van der Waals surface area contributed by atoms with Crippen LogP contribution in [0.2, 0.25) is 0 Å². The molecule has 0 saturated heterocycles. The maximum Gasteiger partial charge on any atom is 0.224 e. The normalized spacial score (nSPS) is 11.6. The second-order valence-electron chi connectivity index (χ2n) is 6.09. The summed E-state index contributed by atoms with van der Waals surface area (Å²) in [5.74, 6) is 1.53. The summed E-state index contributed by atoms with van der Waals surface area (Å²) in [5, 5.41) is 3.03. The highest BCUT2D eigenvalue weighted by Gasteiger charge is 2.16. The number of ether oxygens (including phenoxy) is 3. The first-order valence-electron chi connectivity index (χ1n) is 8.69. The van der Waals surface area contributed by atoms with Crippen molar-refractivity contribution in [2.24, 2.45) is 0 Å². The first-order valence-corrected chi connectivity index (χ1v) is 8.69. The summed E-state index contributed by atoms with van der Waals surface area (Å²) in [5.41, 5.74) is 3.16. The van der Waals surface area contributed by atoms with Crippen LogP contribution in [0.5, 0.6) is 17.2 Å². The predicted octanol–water partition coefficient (Wildman–Crippen LogP) is 3.69. The molecule has 1 amide bonds. The lowest BCUT2D eigenvalue weighted by molar-refractivity contribution is -0.121. The summed E-state index contributed by atoms with van der Waals surface area (Å²) in [7, 11) is 4.67. The topological polar surface area (TPSA) is 56.8 Å². The minimum Gasteiger partial charge on any atom is -0.493 e. The van der Waals surface area contributed by atoms with Crippen molar-refractivity contribution in [3.63, 3.8) is 0 Å². The SMILES string of the molecule is CCc1ccc(C(C)NC(=O)Cc2cc(OC)c(OC)c(OC)c2)cc1. The Kier molecular flexibility index (Phi) is 6.89. The average Bonchev–Trinajstić information content (AvgIpc) is 2.66. The minimum absolute atomic E-state index is 0.0598. The fraction of sp³-hybridized carbons (Fsp3) is 0.381. The van der Waals surface area contributed by atoms with Crippen LogP contribution in [0.3, 0.4) is 0 Å². The third-order valence-electron chi connectivity index (χ3n) is 4.35. The van der Waals surface area contributed by atoms with Crippen molar-refractivity contribution in [3.05, 3.63) is 53.1 Å². The van der Waals surface area contributed by atoms with Gasteiger partial charge in [-0.15, -0.1) is 0 Å². The van der Waals surface area contributed by atoms with Crippen molar-refractivity contribution >= 4 is 5.91 Å². The summed E-state index contributed by atoms with van der Waals surface area (Å²) >= 11 is 0. The van der Waals surface area contributed by atoms with Crippen molar-refractivity contribution in [2.75, 3.05) is 21.3 Å². The molecular weight excluding hydrogens is 330 g/mol. The van der Waals surface area contributed by atoms with E-state index in [0.29, 0.717) is 17.2 Å². The van der Waals surface area contributed by atoms with Crippen LogP contribution >= 0.6 is 0 Å². The quantitative estimate of drug-likeness (QED) is 0.783. The fourth-order valence-electron chi connectivity index (χ4n) is 2.84. The molecule has 140 valence electrons. The number of hydrogen-bond donors (Lipinski definition) is 1. The number of carbonyl (C=O) groups excluding carboxylic acids is 1. The molecule has 26 heavy (non-hydrogen) atoms. The molecule has 0 saturated carbocycles. The Labute approximate surface area is 155 Å². The van der Waals surface area contributed by atoms with Crippen LogP contribution in [-0.2, 0) is 17.6 Å². The lowest BCUT2D eigenvalue weighted by Crippen LogP contribution is -2.28. The third kappa shape index (κ3) is 4.69. The largest absolute Gasteiger partial charge is 0.493 e. The van der Waals surface area contributed by atoms with E-state index < -0.39 is 0 Å². The van der Waals surface area contributed by atoms with E-state index in [9.17, 15) is 4.79 Å². The standard InChI is InChI=1S/C21H27NO4/c1-6-15-7-9-17(10-8-15)14(2)22-20(23)13-16-11-18(24-3)21(26-5)19(12-16)25-4/h7-12,14H,6,13H2,1-5H3,(H,22,23). The zero-order valence-corrected chi connectivity index (χ0v) is 16.1. The molecule has 0 aromatic heterocycles. The molecule has 0 radical (unpaired) electrons. The summed E-state index contributed by atoms with van der Waals surface area (Å²) in [6.45, 7) is 4.10. The van der Waals surface area contributed by atoms with Gasteiger partial charge in [0.25, 0.3) is 0 Å². The Balaban J connectivity index is 2.08. The van der Waals surface area contributed by atoms with Crippen LogP contribution in [0.1, 0.15) is 36.6 Å². The molecule has 5 nitrogen and oxygen atoms in total. The Hall–Kier alpha value is -2.69. The van der Waals surface area contributed by atoms with Gasteiger partial charge in [0.2, 0.25) is 11.7 Å². The first-order chi connectivity index (χ1) is 12.5. The van der Waals surface area contributed by atoms with Gasteiger partial charge in [-0.1, -0.05) is 31.2 Å². The smallest absolute Gasteiger partial charge is 0.224 e. The highest BCUT2D eigenvalue weighted by molar-refractivity contribution is 5.79. The van der Waals surface area contributed by atoms with Crippen LogP contribution in [0.15, 0.2) is 36.4 Å². The van der Waals surface area contributed by atoms with Gasteiger partial charge in [-0.3, -0.25) is 4.79 Å². The maximum absolute atomic E-state index is 12.4. The molecule has 0 bridgehead atoms. The van der Waals surface area contributed by atoms with Crippen molar-refractivity contribution in [1.29, 1.82) is 0 Å². The molecule has 0 aliphatic carbocycles.